The van der Waals surface area contributed by atoms with E-state index >= 15 is 0 Å². The van der Waals surface area contributed by atoms with Crippen LogP contribution in [0.3, 0.4) is 0 Å². The predicted molar refractivity (Wildman–Crippen MR) is 117 cm³/mol. The minimum Gasteiger partial charge on any atom is -0.594 e. The number of fused-ring (bicyclic) bond motifs is 5. The third-order valence-electron chi connectivity index (χ3n) is 6.04. The number of rotatable bonds is 3. The van der Waals surface area contributed by atoms with Gasteiger partial charge >= 0.3 is 5.69 Å². The summed E-state index contributed by atoms with van der Waals surface area (Å²) in [5, 5.41) is 21.4. The highest BCUT2D eigenvalue weighted by molar-refractivity contribution is 5.91. The van der Waals surface area contributed by atoms with Crippen LogP contribution in [0, 0.1) is 5.21 Å². The number of pyridine rings is 2. The van der Waals surface area contributed by atoms with Gasteiger partial charge in [-0.1, -0.05) is 0 Å². The summed E-state index contributed by atoms with van der Waals surface area (Å²) in [7, 11) is 0. The van der Waals surface area contributed by atoms with Crippen molar-refractivity contribution in [3.8, 4) is 0 Å². The van der Waals surface area contributed by atoms with E-state index in [1.165, 1.54) is 6.08 Å². The third-order valence-corrected chi connectivity index (χ3v) is 6.04. The Kier molecular flexibility index (Phi) is 4.85. The molecule has 1 fully saturated rings. The lowest BCUT2D eigenvalue weighted by Crippen LogP contribution is -2.44. The Labute approximate surface area is 180 Å². The molecule has 2 aliphatic heterocycles. The molecule has 0 amide bonds. The van der Waals surface area contributed by atoms with Crippen molar-refractivity contribution >= 4 is 28.2 Å². The van der Waals surface area contributed by atoms with Gasteiger partial charge in [-0.05, 0) is 61.0 Å². The lowest BCUT2D eigenvalue weighted by atomic mass is 10.0. The second-order valence-electron chi connectivity index (χ2n) is 8.72. The Hall–Kier alpha value is -3.07. The zero-order valence-electron chi connectivity index (χ0n) is 17.7. The molecule has 3 N–H and O–H groups in total. The van der Waals surface area contributed by atoms with Gasteiger partial charge in [-0.15, -0.1) is 4.98 Å². The van der Waals surface area contributed by atoms with Crippen molar-refractivity contribution in [1.29, 1.82) is 0 Å². The second kappa shape index (κ2) is 7.56. The zero-order valence-corrected chi connectivity index (χ0v) is 17.7. The Morgan fingerprint density at radius 3 is 3.06 bits per heavy atom. The molecule has 2 aromatic heterocycles. The van der Waals surface area contributed by atoms with E-state index < -0.39 is 0 Å². The maximum absolute atomic E-state index is 14.2. The highest BCUT2D eigenvalue weighted by Gasteiger charge is 2.43. The number of nitrogens with one attached hydrogen (secondary N) is 1. The van der Waals surface area contributed by atoms with E-state index in [9.17, 15) is 9.60 Å². The van der Waals surface area contributed by atoms with Crippen molar-refractivity contribution in [3.05, 3.63) is 47.6 Å². The molecule has 2 aromatic rings. The molecular weight excluding hydrogens is 397 g/mol. The van der Waals surface area contributed by atoms with Gasteiger partial charge < -0.3 is 15.8 Å². The van der Waals surface area contributed by atoms with Crippen molar-refractivity contribution < 1.29 is 13.8 Å². The number of aromatic nitrogens is 2. The summed E-state index contributed by atoms with van der Waals surface area (Å²) >= 11 is 0. The summed E-state index contributed by atoms with van der Waals surface area (Å²) < 4.78 is 16.1. The first kappa shape index (κ1) is 19.9. The van der Waals surface area contributed by atoms with Crippen LogP contribution in [0.15, 0.2) is 47.5 Å². The predicted octanol–water partition coefficient (Wildman–Crippen LogP) is 3.21. The maximum atomic E-state index is 14.2. The molecule has 0 radical (unpaired) electrons. The average molecular weight is 425 g/mol. The Morgan fingerprint density at radius 1 is 1.45 bits per heavy atom. The summed E-state index contributed by atoms with van der Waals surface area (Å²) in [4.78, 5) is 7.56. The van der Waals surface area contributed by atoms with Crippen LogP contribution < -0.4 is 20.5 Å². The topological polar surface area (TPSA) is 96.5 Å². The monoisotopic (exact) mass is 424 g/mol. The van der Waals surface area contributed by atoms with Gasteiger partial charge in [0, 0.05) is 25.2 Å². The Morgan fingerprint density at radius 2 is 2.29 bits per heavy atom. The van der Waals surface area contributed by atoms with E-state index in [4.69, 9.17) is 5.73 Å². The molecule has 3 atom stereocenters. The van der Waals surface area contributed by atoms with Crippen LogP contribution in [0.2, 0.25) is 0 Å². The second-order valence-corrected chi connectivity index (χ2v) is 8.72. The third kappa shape index (κ3) is 3.42. The fourth-order valence-corrected chi connectivity index (χ4v) is 4.73. The van der Waals surface area contributed by atoms with E-state index in [1.54, 1.807) is 18.3 Å². The van der Waals surface area contributed by atoms with E-state index in [0.717, 1.165) is 37.0 Å². The highest BCUT2D eigenvalue weighted by Crippen LogP contribution is 2.38. The standard InChI is InChI=1S/C22H26FN7O/c1-13(2)27-30(31)20-11-16-18(28-9-3-4-15(24)12-28)7-8-25-21(16)29-19-10-14(23)5-6-17(19)26-22(20)29/h5-8,10-11,13,15,17,19H,3-4,9,12,24H2,1-2H3/p+1. The van der Waals surface area contributed by atoms with Gasteiger partial charge in [0.05, 0.1) is 11.1 Å². The zero-order chi connectivity index (χ0) is 21.7. The molecule has 8 nitrogen and oxygen atoms in total. The summed E-state index contributed by atoms with van der Waals surface area (Å²) in [6.45, 7) is 5.35. The molecule has 0 bridgehead atoms. The summed E-state index contributed by atoms with van der Waals surface area (Å²) in [6, 6.07) is 3.27. The first-order valence-electron chi connectivity index (χ1n) is 10.8. The number of halogens is 1. The number of nitrogens with zero attached hydrogens (tertiary/aromatic N) is 5. The lowest BCUT2D eigenvalue weighted by Gasteiger charge is -2.33. The van der Waals surface area contributed by atoms with Crippen LogP contribution in [-0.2, 0) is 0 Å². The normalized spacial score (nSPS) is 25.5. The largest absolute Gasteiger partial charge is 0.594 e. The smallest absolute Gasteiger partial charge is 0.316 e. The van der Waals surface area contributed by atoms with Crippen LogP contribution in [0.25, 0.3) is 11.0 Å². The number of anilines is 2. The van der Waals surface area contributed by atoms with Gasteiger partial charge in [0.25, 0.3) is 11.5 Å². The summed E-state index contributed by atoms with van der Waals surface area (Å²) in [5.41, 5.74) is 8.31. The Bertz CT molecular complexity index is 1130. The minimum atomic E-state index is -0.318. The SMILES string of the molecule is CC(C)N=[N+]([O-])c1cc2c(N3CCCC(N)C3)ccnc2[n+]2c1NC1C=CC(F)=CC12. The highest BCUT2D eigenvalue weighted by atomic mass is 19.1. The molecule has 1 aliphatic carbocycles. The van der Waals surface area contributed by atoms with Gasteiger partial charge in [-0.2, -0.15) is 0 Å². The summed E-state index contributed by atoms with van der Waals surface area (Å²) in [5.74, 6) is 0.295. The molecule has 4 heterocycles. The number of hydrogen-bond donors (Lipinski definition) is 2. The van der Waals surface area contributed by atoms with Gasteiger partial charge in [-0.3, -0.25) is 5.32 Å². The fraction of sp³-hybridized carbons (Fsp3) is 0.455. The van der Waals surface area contributed by atoms with Crippen molar-refractivity contribution in [2.75, 3.05) is 23.3 Å². The molecule has 1 saturated heterocycles. The molecule has 0 aromatic carbocycles. The van der Waals surface area contributed by atoms with Gasteiger partial charge in [0.15, 0.2) is 0 Å². The van der Waals surface area contributed by atoms with Gasteiger partial charge in [0.2, 0.25) is 0 Å². The molecule has 5 rings (SSSR count). The first-order chi connectivity index (χ1) is 14.9. The van der Waals surface area contributed by atoms with E-state index in [1.807, 2.05) is 30.5 Å². The molecule has 31 heavy (non-hydrogen) atoms. The number of allylic oxidation sites excluding steroid dienone is 2. The van der Waals surface area contributed by atoms with Gasteiger partial charge in [0.1, 0.15) is 30.1 Å². The fourth-order valence-electron chi connectivity index (χ4n) is 4.73. The molecule has 0 saturated carbocycles. The van der Waals surface area contributed by atoms with Crippen LogP contribution >= 0.6 is 0 Å². The molecule has 162 valence electrons. The molecular formula is C22H27FN7O+. The van der Waals surface area contributed by atoms with Crippen molar-refractivity contribution in [2.45, 2.75) is 50.9 Å². The lowest BCUT2D eigenvalue weighted by molar-refractivity contribution is -0.667. The quantitative estimate of drug-likeness (QED) is 0.448. The number of azo groups is 1. The number of piperidine rings is 1. The Balaban J connectivity index is 1.76. The molecule has 9 heteroatoms. The average Bonchev–Trinajstić information content (AvgIpc) is 3.11. The maximum Gasteiger partial charge on any atom is 0.316 e. The number of hydrogen-bond acceptors (Lipinski definition) is 6. The van der Waals surface area contributed by atoms with Crippen LogP contribution in [-0.4, -0.2) is 41.1 Å². The first-order valence-corrected chi connectivity index (χ1v) is 10.8. The minimum absolute atomic E-state index is 0.108. The van der Waals surface area contributed by atoms with E-state index in [-0.39, 0.29) is 30.0 Å². The van der Waals surface area contributed by atoms with Crippen LogP contribution in [0.5, 0.6) is 0 Å². The summed E-state index contributed by atoms with van der Waals surface area (Å²) in [6.07, 6.45) is 8.58. The number of nitrogens with two attached hydrogens (primary N) is 1. The van der Waals surface area contributed by atoms with Crippen LogP contribution in [0.1, 0.15) is 32.7 Å². The molecule has 0 spiro atoms. The van der Waals surface area contributed by atoms with Crippen molar-refractivity contribution in [3.63, 3.8) is 0 Å². The van der Waals surface area contributed by atoms with E-state index in [2.05, 4.69) is 20.3 Å². The van der Waals surface area contributed by atoms with Gasteiger partial charge in [-0.25, -0.2) is 8.96 Å². The molecule has 3 aliphatic rings. The molecule has 3 unspecified atom stereocenters. The van der Waals surface area contributed by atoms with Crippen molar-refractivity contribution in [2.24, 2.45) is 10.8 Å². The van der Waals surface area contributed by atoms with Crippen LogP contribution in [0.4, 0.5) is 21.6 Å². The van der Waals surface area contributed by atoms with E-state index in [0.29, 0.717) is 22.0 Å². The van der Waals surface area contributed by atoms with Crippen molar-refractivity contribution in [1.82, 2.24) is 4.98 Å².